The van der Waals surface area contributed by atoms with E-state index in [1.54, 1.807) is 18.3 Å². The van der Waals surface area contributed by atoms with Gasteiger partial charge in [0.2, 0.25) is 5.91 Å². The average Bonchev–Trinajstić information content (AvgIpc) is 2.64. The Morgan fingerprint density at radius 1 is 1.73 bits per heavy atom. The Bertz CT molecular complexity index is 337. The molecule has 0 spiro atoms. The van der Waals surface area contributed by atoms with Gasteiger partial charge in [-0.25, -0.2) is 4.98 Å². The molecule has 84 valence electrons. The summed E-state index contributed by atoms with van der Waals surface area (Å²) < 4.78 is 0. The SMILES string of the molecule is CCc1cnc(CN(C)[C@H](C)C(N)=O)s1. The maximum absolute atomic E-state index is 11.0. The largest absolute Gasteiger partial charge is 0.368 e. The number of carbonyl (C=O) groups excluding carboxylic acids is 1. The number of aryl methyl sites for hydroxylation is 1. The van der Waals surface area contributed by atoms with Crippen molar-refractivity contribution in [2.24, 2.45) is 5.73 Å². The molecule has 15 heavy (non-hydrogen) atoms. The maximum atomic E-state index is 11.0. The normalized spacial score (nSPS) is 13.1. The predicted octanol–water partition coefficient (Wildman–Crippen LogP) is 1.01. The second-order valence-corrected chi connectivity index (χ2v) is 4.77. The molecule has 1 amide bonds. The highest BCUT2D eigenvalue weighted by Crippen LogP contribution is 2.15. The Balaban J connectivity index is 2.57. The number of thiazole rings is 1. The van der Waals surface area contributed by atoms with E-state index in [-0.39, 0.29) is 11.9 Å². The number of nitrogens with zero attached hydrogens (tertiary/aromatic N) is 2. The van der Waals surface area contributed by atoms with Crippen LogP contribution >= 0.6 is 11.3 Å². The first-order chi connectivity index (χ1) is 7.04. The summed E-state index contributed by atoms with van der Waals surface area (Å²) in [5.41, 5.74) is 5.22. The molecule has 0 aliphatic rings. The lowest BCUT2D eigenvalue weighted by Crippen LogP contribution is -2.39. The second-order valence-electron chi connectivity index (χ2n) is 3.57. The number of amides is 1. The van der Waals surface area contributed by atoms with Crippen LogP contribution in [0, 0.1) is 0 Å². The third-order valence-corrected chi connectivity index (χ3v) is 3.53. The minimum absolute atomic E-state index is 0.251. The summed E-state index contributed by atoms with van der Waals surface area (Å²) in [6.07, 6.45) is 2.90. The van der Waals surface area contributed by atoms with Gasteiger partial charge in [0.1, 0.15) is 5.01 Å². The van der Waals surface area contributed by atoms with Crippen LogP contribution in [0.2, 0.25) is 0 Å². The molecule has 4 nitrogen and oxygen atoms in total. The first-order valence-electron chi connectivity index (χ1n) is 4.97. The van der Waals surface area contributed by atoms with Gasteiger partial charge in [-0.2, -0.15) is 0 Å². The zero-order chi connectivity index (χ0) is 11.4. The van der Waals surface area contributed by atoms with E-state index in [4.69, 9.17) is 5.73 Å². The topological polar surface area (TPSA) is 59.2 Å². The van der Waals surface area contributed by atoms with E-state index in [1.807, 2.05) is 18.1 Å². The molecule has 0 aliphatic heterocycles. The fourth-order valence-electron chi connectivity index (χ4n) is 1.15. The zero-order valence-corrected chi connectivity index (χ0v) is 10.2. The van der Waals surface area contributed by atoms with Crippen molar-refractivity contribution in [2.75, 3.05) is 7.05 Å². The summed E-state index contributed by atoms with van der Waals surface area (Å²) in [6, 6.07) is -0.251. The van der Waals surface area contributed by atoms with E-state index in [9.17, 15) is 4.79 Å². The molecule has 0 bridgehead atoms. The van der Waals surface area contributed by atoms with Crippen LogP contribution in [0.3, 0.4) is 0 Å². The molecule has 1 aromatic rings. The van der Waals surface area contributed by atoms with Crippen molar-refractivity contribution in [3.05, 3.63) is 16.1 Å². The summed E-state index contributed by atoms with van der Waals surface area (Å²) in [6.45, 7) is 4.58. The van der Waals surface area contributed by atoms with Gasteiger partial charge in [0.05, 0.1) is 12.6 Å². The van der Waals surface area contributed by atoms with Gasteiger partial charge in [-0.3, -0.25) is 9.69 Å². The smallest absolute Gasteiger partial charge is 0.234 e. The van der Waals surface area contributed by atoms with Gasteiger partial charge >= 0.3 is 0 Å². The minimum atomic E-state index is -0.301. The van der Waals surface area contributed by atoms with E-state index in [0.717, 1.165) is 11.4 Å². The highest BCUT2D eigenvalue weighted by atomic mass is 32.1. The molecule has 0 fully saturated rings. The molecule has 0 aliphatic carbocycles. The van der Waals surface area contributed by atoms with Gasteiger partial charge in [-0.05, 0) is 20.4 Å². The molecule has 0 saturated carbocycles. The van der Waals surface area contributed by atoms with Crippen LogP contribution in [-0.2, 0) is 17.8 Å². The number of likely N-dealkylation sites (N-methyl/N-ethyl adjacent to an activating group) is 1. The Kier molecular flexibility index (Phi) is 4.23. The van der Waals surface area contributed by atoms with Crippen molar-refractivity contribution >= 4 is 17.2 Å². The molecule has 2 N–H and O–H groups in total. The second kappa shape index (κ2) is 5.23. The summed E-state index contributed by atoms with van der Waals surface area (Å²) in [7, 11) is 1.88. The van der Waals surface area contributed by atoms with Crippen molar-refractivity contribution < 1.29 is 4.79 Å². The van der Waals surface area contributed by atoms with Gasteiger partial charge in [-0.1, -0.05) is 6.92 Å². The molecule has 1 atom stereocenters. The zero-order valence-electron chi connectivity index (χ0n) is 9.36. The fourth-order valence-corrected chi connectivity index (χ4v) is 2.08. The van der Waals surface area contributed by atoms with Crippen molar-refractivity contribution in [2.45, 2.75) is 32.9 Å². The molecule has 1 heterocycles. The third kappa shape index (κ3) is 3.28. The standard InChI is InChI=1S/C10H17N3OS/c1-4-8-5-12-9(15-8)6-13(3)7(2)10(11)14/h5,7H,4,6H2,1-3H3,(H2,11,14)/t7-/m1/s1. The van der Waals surface area contributed by atoms with Crippen LogP contribution in [0.25, 0.3) is 0 Å². The van der Waals surface area contributed by atoms with Crippen LogP contribution in [-0.4, -0.2) is 28.9 Å². The maximum Gasteiger partial charge on any atom is 0.234 e. The van der Waals surface area contributed by atoms with E-state index < -0.39 is 0 Å². The minimum Gasteiger partial charge on any atom is -0.368 e. The highest BCUT2D eigenvalue weighted by molar-refractivity contribution is 7.11. The van der Waals surface area contributed by atoms with Crippen LogP contribution in [0.5, 0.6) is 0 Å². The van der Waals surface area contributed by atoms with Crippen molar-refractivity contribution in [3.63, 3.8) is 0 Å². The predicted molar refractivity (Wildman–Crippen MR) is 61.6 cm³/mol. The number of hydrogen-bond donors (Lipinski definition) is 1. The van der Waals surface area contributed by atoms with E-state index >= 15 is 0 Å². The fraction of sp³-hybridized carbons (Fsp3) is 0.600. The quantitative estimate of drug-likeness (QED) is 0.816. The van der Waals surface area contributed by atoms with Crippen LogP contribution in [0.4, 0.5) is 0 Å². The highest BCUT2D eigenvalue weighted by Gasteiger charge is 2.15. The average molecular weight is 227 g/mol. The molecule has 1 aromatic heterocycles. The third-order valence-electron chi connectivity index (χ3n) is 2.41. The first-order valence-corrected chi connectivity index (χ1v) is 5.79. The van der Waals surface area contributed by atoms with Crippen molar-refractivity contribution in [3.8, 4) is 0 Å². The first kappa shape index (κ1) is 12.1. The molecule has 0 aromatic carbocycles. The Hall–Kier alpha value is -0.940. The number of rotatable bonds is 5. The van der Waals surface area contributed by atoms with Gasteiger partial charge in [0.15, 0.2) is 0 Å². The van der Waals surface area contributed by atoms with Crippen LogP contribution < -0.4 is 5.73 Å². The number of nitrogens with two attached hydrogens (primary N) is 1. The number of primary amides is 1. The number of aromatic nitrogens is 1. The van der Waals surface area contributed by atoms with Crippen molar-refractivity contribution in [1.82, 2.24) is 9.88 Å². The molecular formula is C10H17N3OS. The molecule has 5 heteroatoms. The number of hydrogen-bond acceptors (Lipinski definition) is 4. The number of carbonyl (C=O) groups is 1. The molecule has 0 saturated heterocycles. The monoisotopic (exact) mass is 227 g/mol. The Labute approximate surface area is 94.1 Å². The van der Waals surface area contributed by atoms with Crippen LogP contribution in [0.1, 0.15) is 23.7 Å². The Morgan fingerprint density at radius 2 is 2.40 bits per heavy atom. The van der Waals surface area contributed by atoms with E-state index in [1.165, 1.54) is 4.88 Å². The Morgan fingerprint density at radius 3 is 2.87 bits per heavy atom. The lowest BCUT2D eigenvalue weighted by Gasteiger charge is -2.20. The lowest BCUT2D eigenvalue weighted by atomic mass is 10.3. The molecule has 0 unspecified atom stereocenters. The summed E-state index contributed by atoms with van der Waals surface area (Å²) in [5.74, 6) is -0.301. The van der Waals surface area contributed by atoms with Gasteiger partial charge in [0.25, 0.3) is 0 Å². The van der Waals surface area contributed by atoms with Gasteiger partial charge in [-0.15, -0.1) is 11.3 Å². The van der Waals surface area contributed by atoms with Crippen LogP contribution in [0.15, 0.2) is 6.20 Å². The summed E-state index contributed by atoms with van der Waals surface area (Å²) >= 11 is 1.69. The molecule has 1 rings (SSSR count). The van der Waals surface area contributed by atoms with E-state index in [2.05, 4.69) is 11.9 Å². The van der Waals surface area contributed by atoms with E-state index in [0.29, 0.717) is 6.54 Å². The molecule has 0 radical (unpaired) electrons. The van der Waals surface area contributed by atoms with Gasteiger partial charge < -0.3 is 5.73 Å². The van der Waals surface area contributed by atoms with Crippen molar-refractivity contribution in [1.29, 1.82) is 0 Å². The van der Waals surface area contributed by atoms with Gasteiger partial charge in [0, 0.05) is 11.1 Å². The lowest BCUT2D eigenvalue weighted by molar-refractivity contribution is -0.122. The molecular weight excluding hydrogens is 210 g/mol. The summed E-state index contributed by atoms with van der Waals surface area (Å²) in [4.78, 5) is 18.4. The summed E-state index contributed by atoms with van der Waals surface area (Å²) in [5, 5.41) is 1.03.